The van der Waals surface area contributed by atoms with Gasteiger partial charge in [-0.25, -0.2) is 0 Å². The molecule has 0 saturated heterocycles. The maximum Gasteiger partial charge on any atom is -0.00262 e. The lowest BCUT2D eigenvalue weighted by atomic mass is 9.88. The summed E-state index contributed by atoms with van der Waals surface area (Å²) in [5, 5.41) is 11.1. The molecular formula is C24H20. The number of rotatable bonds is 2. The molecule has 24 heavy (non-hydrogen) atoms. The molecular weight excluding hydrogens is 288 g/mol. The van der Waals surface area contributed by atoms with Gasteiger partial charge in [-0.1, -0.05) is 80.6 Å². The largest absolute Gasteiger partial charge is 0.0625 e. The summed E-state index contributed by atoms with van der Waals surface area (Å²) >= 11 is 0. The van der Waals surface area contributed by atoms with Crippen molar-refractivity contribution in [3.05, 3.63) is 72.3 Å². The first-order valence-corrected chi connectivity index (χ1v) is 8.80. The van der Waals surface area contributed by atoms with Gasteiger partial charge in [0.05, 0.1) is 0 Å². The second kappa shape index (κ2) is 4.95. The first kappa shape index (κ1) is 13.8. The van der Waals surface area contributed by atoms with Gasteiger partial charge >= 0.3 is 0 Å². The molecule has 0 aliphatic carbocycles. The summed E-state index contributed by atoms with van der Waals surface area (Å²) in [6.07, 6.45) is 1.13. The Labute approximate surface area is 142 Å². The van der Waals surface area contributed by atoms with Crippen LogP contribution in [0.25, 0.3) is 43.1 Å². The lowest BCUT2D eigenvalue weighted by Gasteiger charge is -2.16. The molecule has 116 valence electrons. The maximum atomic E-state index is 2.43. The third-order valence-corrected chi connectivity index (χ3v) is 5.17. The number of benzene rings is 5. The van der Waals surface area contributed by atoms with Gasteiger partial charge in [-0.2, -0.15) is 0 Å². The molecule has 0 heteroatoms. The average molecular weight is 308 g/mol. The highest BCUT2D eigenvalue weighted by Crippen LogP contribution is 2.40. The molecule has 0 spiro atoms. The molecule has 0 bridgehead atoms. The van der Waals surface area contributed by atoms with E-state index in [0.717, 1.165) is 6.42 Å². The highest BCUT2D eigenvalue weighted by Gasteiger charge is 2.13. The fraction of sp³-hybridized carbons (Fsp3) is 0.167. The Balaban J connectivity index is 2.07. The average Bonchev–Trinajstić information content (AvgIpc) is 2.58. The van der Waals surface area contributed by atoms with Gasteiger partial charge in [0.25, 0.3) is 0 Å². The molecule has 0 atom stereocenters. The highest BCUT2D eigenvalue weighted by atomic mass is 14.2. The van der Waals surface area contributed by atoms with Crippen LogP contribution in [0.2, 0.25) is 0 Å². The van der Waals surface area contributed by atoms with Crippen LogP contribution in [-0.2, 0) is 6.42 Å². The zero-order valence-electron chi connectivity index (χ0n) is 14.1. The monoisotopic (exact) mass is 308 g/mol. The van der Waals surface area contributed by atoms with Gasteiger partial charge in [0.1, 0.15) is 0 Å². The Hall–Kier alpha value is -2.60. The third-order valence-electron chi connectivity index (χ3n) is 5.17. The highest BCUT2D eigenvalue weighted by molar-refractivity contribution is 6.32. The van der Waals surface area contributed by atoms with Gasteiger partial charge in [-0.15, -0.1) is 0 Å². The standard InChI is InChI=1S/C24H20/c1-15(2)12-16-13-18-8-5-10-20-19-9-3-6-17-7-4-11-21(23(17)19)22(14-16)24(18)20/h3-11,13-15H,12H2,1-2H3. The van der Waals surface area contributed by atoms with Crippen molar-refractivity contribution in [3.63, 3.8) is 0 Å². The Morgan fingerprint density at radius 1 is 0.625 bits per heavy atom. The van der Waals surface area contributed by atoms with Crippen molar-refractivity contribution in [1.29, 1.82) is 0 Å². The Kier molecular flexibility index (Phi) is 2.84. The van der Waals surface area contributed by atoms with Crippen LogP contribution in [0.15, 0.2) is 66.7 Å². The molecule has 0 unspecified atom stereocenters. The van der Waals surface area contributed by atoms with Gasteiger partial charge in [0.15, 0.2) is 0 Å². The van der Waals surface area contributed by atoms with E-state index in [9.17, 15) is 0 Å². The van der Waals surface area contributed by atoms with E-state index >= 15 is 0 Å². The van der Waals surface area contributed by atoms with Crippen LogP contribution in [0, 0.1) is 5.92 Å². The van der Waals surface area contributed by atoms with Crippen LogP contribution in [0.4, 0.5) is 0 Å². The molecule has 0 N–H and O–H groups in total. The molecule has 0 radical (unpaired) electrons. The molecule has 0 heterocycles. The lowest BCUT2D eigenvalue weighted by molar-refractivity contribution is 0.648. The fourth-order valence-corrected chi connectivity index (χ4v) is 4.31. The zero-order chi connectivity index (χ0) is 16.3. The SMILES string of the molecule is CC(C)Cc1cc2cccc3c4cccc5cccc(c(c1)c23)c54. The van der Waals surface area contributed by atoms with Crippen LogP contribution < -0.4 is 0 Å². The first-order chi connectivity index (χ1) is 11.7. The lowest BCUT2D eigenvalue weighted by Crippen LogP contribution is -1.95. The molecule has 5 aromatic carbocycles. The first-order valence-electron chi connectivity index (χ1n) is 8.80. The predicted molar refractivity (Wildman–Crippen MR) is 106 cm³/mol. The van der Waals surface area contributed by atoms with Gasteiger partial charge in [-0.05, 0) is 61.0 Å². The second-order valence-corrected chi connectivity index (χ2v) is 7.35. The number of hydrogen-bond acceptors (Lipinski definition) is 0. The minimum absolute atomic E-state index is 0.671. The number of hydrogen-bond donors (Lipinski definition) is 0. The molecule has 5 aromatic rings. The van der Waals surface area contributed by atoms with Gasteiger partial charge in [-0.3, -0.25) is 0 Å². The topological polar surface area (TPSA) is 0 Å². The van der Waals surface area contributed by atoms with Crippen molar-refractivity contribution in [2.24, 2.45) is 5.92 Å². The molecule has 0 aliphatic rings. The minimum Gasteiger partial charge on any atom is -0.0625 e. The van der Waals surface area contributed by atoms with Crippen LogP contribution in [0.5, 0.6) is 0 Å². The Bertz CT molecular complexity index is 1190. The molecule has 5 rings (SSSR count). The van der Waals surface area contributed by atoms with E-state index in [1.165, 1.54) is 48.7 Å². The molecule has 0 aliphatic heterocycles. The van der Waals surface area contributed by atoms with Crippen LogP contribution in [0.1, 0.15) is 19.4 Å². The van der Waals surface area contributed by atoms with Crippen molar-refractivity contribution in [1.82, 2.24) is 0 Å². The van der Waals surface area contributed by atoms with Crippen molar-refractivity contribution < 1.29 is 0 Å². The Morgan fingerprint density at radius 2 is 1.17 bits per heavy atom. The van der Waals surface area contributed by atoms with Gasteiger partial charge < -0.3 is 0 Å². The van der Waals surface area contributed by atoms with Crippen molar-refractivity contribution in [2.75, 3.05) is 0 Å². The summed E-state index contributed by atoms with van der Waals surface area (Å²) in [4.78, 5) is 0. The van der Waals surface area contributed by atoms with E-state index < -0.39 is 0 Å². The fourth-order valence-electron chi connectivity index (χ4n) is 4.31. The van der Waals surface area contributed by atoms with E-state index in [1.54, 1.807) is 0 Å². The smallest absolute Gasteiger partial charge is 0.00262 e. The third kappa shape index (κ3) is 1.86. The van der Waals surface area contributed by atoms with E-state index in [0.29, 0.717) is 5.92 Å². The van der Waals surface area contributed by atoms with Crippen LogP contribution in [-0.4, -0.2) is 0 Å². The maximum absolute atomic E-state index is 2.43. The molecule has 0 saturated carbocycles. The summed E-state index contributed by atoms with van der Waals surface area (Å²) in [6, 6.07) is 24.9. The normalized spacial score (nSPS) is 12.3. The Morgan fingerprint density at radius 3 is 1.79 bits per heavy atom. The molecule has 0 amide bonds. The van der Waals surface area contributed by atoms with Gasteiger partial charge in [0.2, 0.25) is 0 Å². The number of fused-ring (bicyclic) bond motifs is 2. The van der Waals surface area contributed by atoms with Crippen molar-refractivity contribution >= 4 is 43.1 Å². The van der Waals surface area contributed by atoms with Crippen LogP contribution in [0.3, 0.4) is 0 Å². The summed E-state index contributed by atoms with van der Waals surface area (Å²) in [7, 11) is 0. The van der Waals surface area contributed by atoms with E-state index in [-0.39, 0.29) is 0 Å². The molecule has 0 aromatic heterocycles. The van der Waals surface area contributed by atoms with E-state index in [2.05, 4.69) is 80.6 Å². The predicted octanol–water partition coefficient (Wildman–Crippen LogP) is 6.94. The second-order valence-electron chi connectivity index (χ2n) is 7.35. The summed E-state index contributed by atoms with van der Waals surface area (Å²) in [5.41, 5.74) is 1.45. The van der Waals surface area contributed by atoms with Crippen LogP contribution >= 0.6 is 0 Å². The van der Waals surface area contributed by atoms with E-state index in [4.69, 9.17) is 0 Å². The zero-order valence-corrected chi connectivity index (χ0v) is 14.1. The molecule has 0 fully saturated rings. The van der Waals surface area contributed by atoms with E-state index in [1.807, 2.05) is 0 Å². The summed E-state index contributed by atoms with van der Waals surface area (Å²) in [6.45, 7) is 4.59. The summed E-state index contributed by atoms with van der Waals surface area (Å²) in [5.74, 6) is 0.671. The minimum atomic E-state index is 0.671. The van der Waals surface area contributed by atoms with Crippen molar-refractivity contribution in [3.8, 4) is 0 Å². The quantitative estimate of drug-likeness (QED) is 0.245. The summed E-state index contributed by atoms with van der Waals surface area (Å²) < 4.78 is 0. The van der Waals surface area contributed by atoms with Gasteiger partial charge in [0, 0.05) is 0 Å². The van der Waals surface area contributed by atoms with Crippen molar-refractivity contribution in [2.45, 2.75) is 20.3 Å². The molecule has 0 nitrogen and oxygen atoms in total.